The van der Waals surface area contributed by atoms with E-state index in [-0.39, 0.29) is 21.6 Å². The maximum Gasteiger partial charge on any atom is 0.254 e. The van der Waals surface area contributed by atoms with E-state index in [4.69, 9.17) is 33.4 Å². The lowest BCUT2D eigenvalue weighted by Crippen LogP contribution is -2.26. The highest BCUT2D eigenvalue weighted by Crippen LogP contribution is 2.29. The first-order valence-corrected chi connectivity index (χ1v) is 6.69. The maximum atomic E-state index is 12.3. The van der Waals surface area contributed by atoms with Gasteiger partial charge >= 0.3 is 0 Å². The lowest BCUT2D eigenvalue weighted by atomic mass is 10.1. The number of aryl methyl sites for hydroxylation is 1. The molecule has 0 radical (unpaired) electrons. The first-order chi connectivity index (χ1) is 9.38. The Morgan fingerprint density at radius 3 is 2.60 bits per heavy atom. The van der Waals surface area contributed by atoms with Gasteiger partial charge in [0.15, 0.2) is 0 Å². The van der Waals surface area contributed by atoms with Crippen LogP contribution in [-0.4, -0.2) is 17.9 Å². The van der Waals surface area contributed by atoms with Gasteiger partial charge in [0, 0.05) is 12.6 Å². The third kappa shape index (κ3) is 3.08. The van der Waals surface area contributed by atoms with E-state index in [1.165, 1.54) is 17.0 Å². The van der Waals surface area contributed by atoms with E-state index in [0.29, 0.717) is 17.9 Å². The first kappa shape index (κ1) is 14.8. The molecule has 0 aliphatic rings. The zero-order chi connectivity index (χ0) is 14.9. The first-order valence-electron chi connectivity index (χ1n) is 5.93. The average Bonchev–Trinajstić information content (AvgIpc) is 2.79. The molecule has 2 N–H and O–H groups in total. The number of hydrogen-bond acceptors (Lipinski definition) is 3. The van der Waals surface area contributed by atoms with E-state index < -0.39 is 0 Å². The number of carbonyl (C=O) groups is 1. The maximum absolute atomic E-state index is 12.3. The summed E-state index contributed by atoms with van der Waals surface area (Å²) in [5.74, 6) is 1.32. The number of nitrogens with two attached hydrogens (primary N) is 1. The topological polar surface area (TPSA) is 59.5 Å². The number of benzene rings is 1. The molecule has 2 rings (SSSR count). The third-order valence-corrected chi connectivity index (χ3v) is 3.66. The summed E-state index contributed by atoms with van der Waals surface area (Å²) in [6.07, 6.45) is 0. The fourth-order valence-electron chi connectivity index (χ4n) is 1.83. The molecule has 6 heteroatoms. The SMILES string of the molecule is Cc1ccc(CN(C)C(=O)c2cc(N)c(Cl)c(Cl)c2)o1. The van der Waals surface area contributed by atoms with Crippen LogP contribution in [0.5, 0.6) is 0 Å². The summed E-state index contributed by atoms with van der Waals surface area (Å²) in [5, 5.41) is 0.518. The average molecular weight is 313 g/mol. The van der Waals surface area contributed by atoms with Crippen LogP contribution in [0.15, 0.2) is 28.7 Å². The molecule has 20 heavy (non-hydrogen) atoms. The summed E-state index contributed by atoms with van der Waals surface area (Å²) >= 11 is 11.8. The van der Waals surface area contributed by atoms with Crippen LogP contribution in [0.1, 0.15) is 21.9 Å². The minimum Gasteiger partial charge on any atom is -0.464 e. The van der Waals surface area contributed by atoms with Crippen molar-refractivity contribution in [2.75, 3.05) is 12.8 Å². The van der Waals surface area contributed by atoms with Crippen molar-refractivity contribution in [2.45, 2.75) is 13.5 Å². The normalized spacial score (nSPS) is 10.6. The van der Waals surface area contributed by atoms with Crippen LogP contribution in [0.3, 0.4) is 0 Å². The molecular formula is C14H14Cl2N2O2. The van der Waals surface area contributed by atoms with Crippen LogP contribution < -0.4 is 5.73 Å². The molecule has 0 atom stereocenters. The number of rotatable bonds is 3. The van der Waals surface area contributed by atoms with Crippen molar-refractivity contribution in [3.8, 4) is 0 Å². The molecule has 4 nitrogen and oxygen atoms in total. The second kappa shape index (κ2) is 5.77. The van der Waals surface area contributed by atoms with E-state index in [1.54, 1.807) is 7.05 Å². The summed E-state index contributed by atoms with van der Waals surface area (Å²) in [6.45, 7) is 2.22. The predicted molar refractivity (Wildman–Crippen MR) is 80.1 cm³/mol. The molecule has 0 saturated carbocycles. The van der Waals surface area contributed by atoms with Gasteiger partial charge in [-0.05, 0) is 31.2 Å². The fraction of sp³-hybridized carbons (Fsp3) is 0.214. The number of nitrogens with zero attached hydrogens (tertiary/aromatic N) is 1. The smallest absolute Gasteiger partial charge is 0.254 e. The Morgan fingerprint density at radius 1 is 1.35 bits per heavy atom. The zero-order valence-electron chi connectivity index (χ0n) is 11.1. The lowest BCUT2D eigenvalue weighted by molar-refractivity contribution is 0.0775. The van der Waals surface area contributed by atoms with Crippen LogP contribution in [0.2, 0.25) is 10.0 Å². The molecule has 106 valence electrons. The van der Waals surface area contributed by atoms with Crippen molar-refractivity contribution in [2.24, 2.45) is 0 Å². The molecule has 1 aromatic heterocycles. The minimum atomic E-state index is -0.204. The van der Waals surface area contributed by atoms with Crippen LogP contribution in [0.25, 0.3) is 0 Å². The van der Waals surface area contributed by atoms with Crippen LogP contribution in [0.4, 0.5) is 5.69 Å². The lowest BCUT2D eigenvalue weighted by Gasteiger charge is -2.16. The molecule has 1 heterocycles. The molecule has 0 saturated heterocycles. The van der Waals surface area contributed by atoms with Gasteiger partial charge in [0.05, 0.1) is 22.3 Å². The highest BCUT2D eigenvalue weighted by molar-refractivity contribution is 6.43. The summed E-state index contributed by atoms with van der Waals surface area (Å²) in [4.78, 5) is 13.8. The van der Waals surface area contributed by atoms with E-state index >= 15 is 0 Å². The van der Waals surface area contributed by atoms with Gasteiger partial charge in [-0.25, -0.2) is 0 Å². The summed E-state index contributed by atoms with van der Waals surface area (Å²) in [7, 11) is 1.68. The second-order valence-electron chi connectivity index (χ2n) is 4.53. The van der Waals surface area contributed by atoms with Gasteiger partial charge < -0.3 is 15.1 Å². The van der Waals surface area contributed by atoms with Crippen LogP contribution in [-0.2, 0) is 6.54 Å². The van der Waals surface area contributed by atoms with Crippen molar-refractivity contribution in [1.29, 1.82) is 0 Å². The van der Waals surface area contributed by atoms with Crippen LogP contribution >= 0.6 is 23.2 Å². The molecule has 0 aliphatic heterocycles. The standard InChI is InChI=1S/C14H14Cl2N2O2/c1-8-3-4-10(20-8)7-18(2)14(19)9-5-11(15)13(16)12(17)6-9/h3-6H,7,17H2,1-2H3. The van der Waals surface area contributed by atoms with Gasteiger partial charge in [0.25, 0.3) is 5.91 Å². The van der Waals surface area contributed by atoms with E-state index in [0.717, 1.165) is 5.76 Å². The molecule has 2 aromatic rings. The molecule has 1 aromatic carbocycles. The Morgan fingerprint density at radius 2 is 2.05 bits per heavy atom. The second-order valence-corrected chi connectivity index (χ2v) is 5.32. The molecule has 0 bridgehead atoms. The number of halogens is 2. The Hall–Kier alpha value is -1.65. The molecule has 1 amide bonds. The minimum absolute atomic E-state index is 0.204. The summed E-state index contributed by atoms with van der Waals surface area (Å²) < 4.78 is 5.44. The molecule has 0 fully saturated rings. The fourth-order valence-corrected chi connectivity index (χ4v) is 2.17. The number of amides is 1. The highest BCUT2D eigenvalue weighted by atomic mass is 35.5. The van der Waals surface area contributed by atoms with E-state index in [2.05, 4.69) is 0 Å². The Labute approximate surface area is 127 Å². The third-order valence-electron chi connectivity index (χ3n) is 2.84. The number of anilines is 1. The van der Waals surface area contributed by atoms with Crippen molar-refractivity contribution < 1.29 is 9.21 Å². The molecule has 0 aliphatic carbocycles. The quantitative estimate of drug-likeness (QED) is 0.878. The van der Waals surface area contributed by atoms with E-state index in [1.807, 2.05) is 19.1 Å². The van der Waals surface area contributed by atoms with Crippen molar-refractivity contribution in [1.82, 2.24) is 4.90 Å². The monoisotopic (exact) mass is 312 g/mol. The highest BCUT2D eigenvalue weighted by Gasteiger charge is 2.16. The number of furan rings is 1. The van der Waals surface area contributed by atoms with Gasteiger partial charge in [-0.15, -0.1) is 0 Å². The van der Waals surface area contributed by atoms with Crippen LogP contribution in [0, 0.1) is 6.92 Å². The van der Waals surface area contributed by atoms with Crippen molar-refractivity contribution >= 4 is 34.8 Å². The van der Waals surface area contributed by atoms with Gasteiger partial charge in [0.2, 0.25) is 0 Å². The van der Waals surface area contributed by atoms with Crippen molar-refractivity contribution in [3.63, 3.8) is 0 Å². The Bertz CT molecular complexity index is 629. The molecule has 0 spiro atoms. The van der Waals surface area contributed by atoms with Gasteiger partial charge in [-0.3, -0.25) is 4.79 Å². The van der Waals surface area contributed by atoms with Gasteiger partial charge in [0.1, 0.15) is 11.5 Å². The number of hydrogen-bond donors (Lipinski definition) is 1. The summed E-state index contributed by atoms with van der Waals surface area (Å²) in [6, 6.07) is 6.71. The van der Waals surface area contributed by atoms with Gasteiger partial charge in [-0.1, -0.05) is 23.2 Å². The number of carbonyl (C=O) groups excluding carboxylic acids is 1. The zero-order valence-corrected chi connectivity index (χ0v) is 12.6. The predicted octanol–water partition coefficient (Wildman–Crippen LogP) is 3.75. The van der Waals surface area contributed by atoms with Crippen molar-refractivity contribution in [3.05, 3.63) is 51.4 Å². The Balaban J connectivity index is 2.18. The number of nitrogen functional groups attached to an aromatic ring is 1. The van der Waals surface area contributed by atoms with E-state index in [9.17, 15) is 4.79 Å². The largest absolute Gasteiger partial charge is 0.464 e. The Kier molecular flexibility index (Phi) is 4.26. The molecular weight excluding hydrogens is 299 g/mol. The van der Waals surface area contributed by atoms with Gasteiger partial charge in [-0.2, -0.15) is 0 Å². The molecule has 0 unspecified atom stereocenters. The summed E-state index contributed by atoms with van der Waals surface area (Å²) in [5.41, 5.74) is 6.38.